The highest BCUT2D eigenvalue weighted by atomic mass is 32.2. The molecular formula is C13H17N3O2S2. The van der Waals surface area contributed by atoms with Gasteiger partial charge in [0.25, 0.3) is 0 Å². The van der Waals surface area contributed by atoms with Crippen LogP contribution in [0.5, 0.6) is 0 Å². The van der Waals surface area contributed by atoms with Crippen LogP contribution in [0.4, 0.5) is 5.69 Å². The Labute approximate surface area is 122 Å². The van der Waals surface area contributed by atoms with Crippen LogP contribution in [0.25, 0.3) is 0 Å². The average Bonchev–Trinajstić information content (AvgIpc) is 2.92. The topological polar surface area (TPSA) is 85.1 Å². The van der Waals surface area contributed by atoms with E-state index in [-0.39, 0.29) is 16.0 Å². The molecule has 0 aromatic carbocycles. The molecule has 2 rings (SSSR count). The number of nitrogen functional groups attached to an aromatic ring is 1. The molecule has 108 valence electrons. The van der Waals surface area contributed by atoms with Crippen LogP contribution in [0, 0.1) is 0 Å². The normalized spacial score (nSPS) is 12.5. The van der Waals surface area contributed by atoms with Crippen molar-refractivity contribution in [1.29, 1.82) is 0 Å². The summed E-state index contributed by atoms with van der Waals surface area (Å²) in [6, 6.07) is 5.42. The van der Waals surface area contributed by atoms with Gasteiger partial charge in [0.05, 0.1) is 5.69 Å². The minimum atomic E-state index is -3.65. The van der Waals surface area contributed by atoms with Crippen molar-refractivity contribution in [3.63, 3.8) is 0 Å². The number of aromatic nitrogens is 1. The van der Waals surface area contributed by atoms with Crippen LogP contribution >= 0.6 is 11.3 Å². The van der Waals surface area contributed by atoms with Gasteiger partial charge in [-0.1, -0.05) is 19.9 Å². The van der Waals surface area contributed by atoms with Crippen LogP contribution in [0.3, 0.4) is 0 Å². The fourth-order valence-corrected chi connectivity index (χ4v) is 3.86. The Morgan fingerprint density at radius 1 is 1.40 bits per heavy atom. The summed E-state index contributed by atoms with van der Waals surface area (Å²) in [6.45, 7) is 4.28. The standard InChI is InChI=1S/C13H17N3O2S2/c1-13(2,12-4-3-7-19-12)9-16-20(17,18)11-8-15-6-5-10(11)14/h3-8,16H,9H2,1-2H3,(H2,14,15). The molecule has 2 aromatic heterocycles. The summed E-state index contributed by atoms with van der Waals surface area (Å²) in [4.78, 5) is 4.95. The number of sulfonamides is 1. The zero-order valence-corrected chi connectivity index (χ0v) is 13.0. The molecule has 3 N–H and O–H groups in total. The molecular weight excluding hydrogens is 294 g/mol. The van der Waals surface area contributed by atoms with Gasteiger partial charge >= 0.3 is 0 Å². The van der Waals surface area contributed by atoms with Crippen LogP contribution in [0.1, 0.15) is 18.7 Å². The number of nitrogens with two attached hydrogens (primary N) is 1. The van der Waals surface area contributed by atoms with E-state index < -0.39 is 10.0 Å². The van der Waals surface area contributed by atoms with E-state index in [2.05, 4.69) is 9.71 Å². The SMILES string of the molecule is CC(C)(CNS(=O)(=O)c1cnccc1N)c1cccs1. The van der Waals surface area contributed by atoms with E-state index >= 15 is 0 Å². The first kappa shape index (κ1) is 15.0. The predicted molar refractivity (Wildman–Crippen MR) is 81.2 cm³/mol. The van der Waals surface area contributed by atoms with E-state index in [1.807, 2.05) is 31.4 Å². The molecule has 0 atom stereocenters. The number of thiophene rings is 1. The maximum absolute atomic E-state index is 12.2. The second-order valence-electron chi connectivity index (χ2n) is 5.10. The van der Waals surface area contributed by atoms with Crippen LogP contribution in [-0.4, -0.2) is 19.9 Å². The van der Waals surface area contributed by atoms with Gasteiger partial charge in [-0.3, -0.25) is 4.98 Å². The van der Waals surface area contributed by atoms with Gasteiger partial charge in [0, 0.05) is 29.2 Å². The highest BCUT2D eigenvalue weighted by Crippen LogP contribution is 2.27. The fourth-order valence-electron chi connectivity index (χ4n) is 1.72. The predicted octanol–water partition coefficient (Wildman–Crippen LogP) is 1.98. The molecule has 2 heterocycles. The number of hydrogen-bond acceptors (Lipinski definition) is 5. The molecule has 0 fully saturated rings. The summed E-state index contributed by atoms with van der Waals surface area (Å²) in [5.41, 5.74) is 5.60. The Bertz CT molecular complexity index is 679. The quantitative estimate of drug-likeness (QED) is 0.884. The molecule has 0 aliphatic heterocycles. The molecule has 0 amide bonds. The Balaban J connectivity index is 2.17. The van der Waals surface area contributed by atoms with Crippen LogP contribution < -0.4 is 10.5 Å². The maximum atomic E-state index is 12.2. The van der Waals surface area contributed by atoms with Crippen LogP contribution in [-0.2, 0) is 15.4 Å². The smallest absolute Gasteiger partial charge is 0.244 e. The van der Waals surface area contributed by atoms with Gasteiger partial charge in [-0.05, 0) is 17.5 Å². The highest BCUT2D eigenvalue weighted by Gasteiger charge is 2.26. The first-order valence-electron chi connectivity index (χ1n) is 6.06. The first-order chi connectivity index (χ1) is 9.33. The van der Waals surface area contributed by atoms with Gasteiger partial charge in [0.2, 0.25) is 10.0 Å². The van der Waals surface area contributed by atoms with Crippen molar-refractivity contribution in [3.8, 4) is 0 Å². The summed E-state index contributed by atoms with van der Waals surface area (Å²) < 4.78 is 27.1. The zero-order chi connectivity index (χ0) is 14.8. The van der Waals surface area contributed by atoms with E-state index in [1.165, 1.54) is 18.5 Å². The molecule has 0 saturated heterocycles. The maximum Gasteiger partial charge on any atom is 0.244 e. The second-order valence-corrected chi connectivity index (χ2v) is 7.78. The molecule has 0 radical (unpaired) electrons. The number of hydrogen-bond donors (Lipinski definition) is 2. The molecule has 0 aliphatic rings. The summed E-state index contributed by atoms with van der Waals surface area (Å²) in [7, 11) is -3.65. The van der Waals surface area contributed by atoms with Crippen molar-refractivity contribution in [2.75, 3.05) is 12.3 Å². The minimum Gasteiger partial charge on any atom is -0.398 e. The molecule has 5 nitrogen and oxygen atoms in total. The van der Waals surface area contributed by atoms with Gasteiger partial charge in [0.15, 0.2) is 0 Å². The van der Waals surface area contributed by atoms with Gasteiger partial charge < -0.3 is 5.73 Å². The average molecular weight is 311 g/mol. The van der Waals surface area contributed by atoms with E-state index in [9.17, 15) is 8.42 Å². The summed E-state index contributed by atoms with van der Waals surface area (Å²) in [5.74, 6) is 0. The van der Waals surface area contributed by atoms with Gasteiger partial charge in [-0.2, -0.15) is 0 Å². The van der Waals surface area contributed by atoms with Crippen molar-refractivity contribution in [2.45, 2.75) is 24.2 Å². The minimum absolute atomic E-state index is 0.0157. The lowest BCUT2D eigenvalue weighted by molar-refractivity contribution is 0.509. The van der Waals surface area contributed by atoms with E-state index in [1.54, 1.807) is 11.3 Å². The van der Waals surface area contributed by atoms with Crippen LogP contribution in [0.15, 0.2) is 40.9 Å². The Morgan fingerprint density at radius 3 is 2.75 bits per heavy atom. The third-order valence-electron chi connectivity index (χ3n) is 3.00. The van der Waals surface area contributed by atoms with E-state index in [0.29, 0.717) is 6.54 Å². The number of pyridine rings is 1. The molecule has 0 saturated carbocycles. The fraction of sp³-hybridized carbons (Fsp3) is 0.308. The number of anilines is 1. The second kappa shape index (κ2) is 5.51. The van der Waals surface area contributed by atoms with Crippen molar-refractivity contribution >= 4 is 27.0 Å². The summed E-state index contributed by atoms with van der Waals surface area (Å²) >= 11 is 1.61. The first-order valence-corrected chi connectivity index (χ1v) is 8.42. The van der Waals surface area contributed by atoms with Gasteiger partial charge in [0.1, 0.15) is 4.90 Å². The number of nitrogens with zero attached hydrogens (tertiary/aromatic N) is 1. The van der Waals surface area contributed by atoms with E-state index in [0.717, 1.165) is 4.88 Å². The van der Waals surface area contributed by atoms with Crippen LogP contribution in [0.2, 0.25) is 0 Å². The molecule has 20 heavy (non-hydrogen) atoms. The molecule has 2 aromatic rings. The molecule has 0 spiro atoms. The molecule has 0 unspecified atom stereocenters. The van der Waals surface area contributed by atoms with Crippen molar-refractivity contribution in [1.82, 2.24) is 9.71 Å². The lowest BCUT2D eigenvalue weighted by atomic mass is 9.92. The Hall–Kier alpha value is -1.44. The summed E-state index contributed by atoms with van der Waals surface area (Å²) in [6.07, 6.45) is 2.72. The van der Waals surface area contributed by atoms with Crippen molar-refractivity contribution in [2.24, 2.45) is 0 Å². The molecule has 7 heteroatoms. The third-order valence-corrected chi connectivity index (χ3v) is 5.68. The van der Waals surface area contributed by atoms with E-state index in [4.69, 9.17) is 5.73 Å². The van der Waals surface area contributed by atoms with Crippen molar-refractivity contribution in [3.05, 3.63) is 40.8 Å². The molecule has 0 bridgehead atoms. The molecule has 0 aliphatic carbocycles. The Morgan fingerprint density at radius 2 is 2.15 bits per heavy atom. The number of nitrogens with one attached hydrogen (secondary N) is 1. The number of rotatable bonds is 5. The van der Waals surface area contributed by atoms with Crippen molar-refractivity contribution < 1.29 is 8.42 Å². The van der Waals surface area contributed by atoms with Gasteiger partial charge in [-0.25, -0.2) is 13.1 Å². The summed E-state index contributed by atoms with van der Waals surface area (Å²) in [5, 5.41) is 1.98. The monoisotopic (exact) mass is 311 g/mol. The Kier molecular flexibility index (Phi) is 4.12. The van der Waals surface area contributed by atoms with Gasteiger partial charge in [-0.15, -0.1) is 11.3 Å². The zero-order valence-electron chi connectivity index (χ0n) is 11.3. The third kappa shape index (κ3) is 3.17. The largest absolute Gasteiger partial charge is 0.398 e. The lowest BCUT2D eigenvalue weighted by Gasteiger charge is -2.23. The highest BCUT2D eigenvalue weighted by molar-refractivity contribution is 7.89. The lowest BCUT2D eigenvalue weighted by Crippen LogP contribution is -2.36.